The summed E-state index contributed by atoms with van der Waals surface area (Å²) in [5.74, 6) is 1.57. The van der Waals surface area contributed by atoms with Crippen molar-refractivity contribution in [3.05, 3.63) is 58.1 Å². The van der Waals surface area contributed by atoms with E-state index in [1.54, 1.807) is 14.2 Å². The van der Waals surface area contributed by atoms with Crippen LogP contribution >= 0.6 is 15.9 Å². The van der Waals surface area contributed by atoms with E-state index in [2.05, 4.69) is 56.5 Å². The molecule has 2 aromatic carbocycles. The molecule has 0 unspecified atom stereocenters. The summed E-state index contributed by atoms with van der Waals surface area (Å²) in [7, 11) is 3.36. The second-order valence-electron chi connectivity index (χ2n) is 6.68. The number of rotatable bonds is 7. The predicted molar refractivity (Wildman–Crippen MR) is 109 cm³/mol. The van der Waals surface area contributed by atoms with Gasteiger partial charge in [0.25, 0.3) is 0 Å². The standard InChI is InChI=1S/C21H27BrN2O2/c1-25-20-9-8-19(22)18(21(20)26-2)14-23-17-10-12-24(13-11-17)15-16-6-4-3-5-7-16/h3-9,17,23H,10-15H2,1-2H3. The Bertz CT molecular complexity index is 701. The lowest BCUT2D eigenvalue weighted by Crippen LogP contribution is -2.41. The van der Waals surface area contributed by atoms with Crippen LogP contribution in [0, 0.1) is 0 Å². The van der Waals surface area contributed by atoms with Crippen LogP contribution in [0.25, 0.3) is 0 Å². The van der Waals surface area contributed by atoms with Gasteiger partial charge < -0.3 is 14.8 Å². The Hall–Kier alpha value is -1.56. The molecule has 1 saturated heterocycles. The molecule has 1 heterocycles. The molecule has 4 nitrogen and oxygen atoms in total. The number of methoxy groups -OCH3 is 2. The number of halogens is 1. The maximum atomic E-state index is 5.57. The first-order valence-electron chi connectivity index (χ1n) is 9.10. The molecular formula is C21H27BrN2O2. The molecule has 1 aliphatic rings. The third-order valence-corrected chi connectivity index (χ3v) is 5.74. The molecule has 5 heteroatoms. The van der Waals surface area contributed by atoms with Crippen LogP contribution < -0.4 is 14.8 Å². The minimum Gasteiger partial charge on any atom is -0.493 e. The van der Waals surface area contributed by atoms with E-state index in [1.165, 1.54) is 5.56 Å². The Morgan fingerprint density at radius 1 is 1.04 bits per heavy atom. The Morgan fingerprint density at radius 3 is 2.42 bits per heavy atom. The van der Waals surface area contributed by atoms with Crippen LogP contribution in [0.5, 0.6) is 11.5 Å². The van der Waals surface area contributed by atoms with Gasteiger partial charge in [-0.25, -0.2) is 0 Å². The van der Waals surface area contributed by atoms with Gasteiger partial charge in [-0.05, 0) is 43.6 Å². The van der Waals surface area contributed by atoms with Crippen molar-refractivity contribution in [2.24, 2.45) is 0 Å². The van der Waals surface area contributed by atoms with Crippen molar-refractivity contribution in [3.63, 3.8) is 0 Å². The van der Waals surface area contributed by atoms with Crippen LogP contribution in [-0.2, 0) is 13.1 Å². The third-order valence-electron chi connectivity index (χ3n) is 5.00. The number of piperidine rings is 1. The summed E-state index contributed by atoms with van der Waals surface area (Å²) in [5, 5.41) is 3.70. The van der Waals surface area contributed by atoms with Crippen molar-refractivity contribution >= 4 is 15.9 Å². The quantitative estimate of drug-likeness (QED) is 0.729. The van der Waals surface area contributed by atoms with Gasteiger partial charge in [-0.3, -0.25) is 4.90 Å². The lowest BCUT2D eigenvalue weighted by molar-refractivity contribution is 0.190. The van der Waals surface area contributed by atoms with Crippen molar-refractivity contribution in [2.45, 2.75) is 32.0 Å². The van der Waals surface area contributed by atoms with E-state index >= 15 is 0 Å². The molecule has 0 saturated carbocycles. The average molecular weight is 419 g/mol. The topological polar surface area (TPSA) is 33.7 Å². The molecule has 1 aliphatic heterocycles. The van der Waals surface area contributed by atoms with E-state index in [4.69, 9.17) is 9.47 Å². The maximum absolute atomic E-state index is 5.57. The summed E-state index contributed by atoms with van der Waals surface area (Å²) in [4.78, 5) is 2.54. The number of ether oxygens (including phenoxy) is 2. The minimum atomic E-state index is 0.532. The molecule has 1 fully saturated rings. The molecule has 0 amide bonds. The molecule has 0 aliphatic carbocycles. The van der Waals surface area contributed by atoms with E-state index in [1.807, 2.05) is 12.1 Å². The summed E-state index contributed by atoms with van der Waals surface area (Å²) in [6.45, 7) is 4.07. The van der Waals surface area contributed by atoms with Crippen LogP contribution in [-0.4, -0.2) is 38.3 Å². The Kier molecular flexibility index (Phi) is 6.94. The fourth-order valence-electron chi connectivity index (χ4n) is 3.51. The normalized spacial score (nSPS) is 15.8. The van der Waals surface area contributed by atoms with E-state index in [-0.39, 0.29) is 0 Å². The van der Waals surface area contributed by atoms with Gasteiger partial charge in [0, 0.05) is 29.2 Å². The van der Waals surface area contributed by atoms with E-state index in [0.717, 1.165) is 60.6 Å². The summed E-state index contributed by atoms with van der Waals surface area (Å²) in [6.07, 6.45) is 2.33. The molecular weight excluding hydrogens is 392 g/mol. The highest BCUT2D eigenvalue weighted by atomic mass is 79.9. The smallest absolute Gasteiger partial charge is 0.166 e. The largest absolute Gasteiger partial charge is 0.493 e. The first-order valence-corrected chi connectivity index (χ1v) is 9.89. The number of nitrogens with zero attached hydrogens (tertiary/aromatic N) is 1. The molecule has 26 heavy (non-hydrogen) atoms. The molecule has 1 N–H and O–H groups in total. The SMILES string of the molecule is COc1ccc(Br)c(CNC2CCN(Cc3ccccc3)CC2)c1OC. The first-order chi connectivity index (χ1) is 12.7. The maximum Gasteiger partial charge on any atom is 0.166 e. The average Bonchev–Trinajstić information content (AvgIpc) is 2.68. The molecule has 3 rings (SSSR count). The Morgan fingerprint density at radius 2 is 1.77 bits per heavy atom. The van der Waals surface area contributed by atoms with Gasteiger partial charge >= 0.3 is 0 Å². The van der Waals surface area contributed by atoms with Gasteiger partial charge in [0.1, 0.15) is 0 Å². The highest BCUT2D eigenvalue weighted by Crippen LogP contribution is 2.36. The van der Waals surface area contributed by atoms with Gasteiger partial charge in [-0.1, -0.05) is 46.3 Å². The summed E-state index contributed by atoms with van der Waals surface area (Å²) in [5.41, 5.74) is 2.50. The van der Waals surface area contributed by atoms with E-state index in [9.17, 15) is 0 Å². The van der Waals surface area contributed by atoms with Crippen LogP contribution in [0.1, 0.15) is 24.0 Å². The Balaban J connectivity index is 1.53. The van der Waals surface area contributed by atoms with Gasteiger partial charge in [0.15, 0.2) is 11.5 Å². The molecule has 140 valence electrons. The molecule has 0 spiro atoms. The number of hydrogen-bond acceptors (Lipinski definition) is 4. The van der Waals surface area contributed by atoms with Crippen molar-refractivity contribution in [3.8, 4) is 11.5 Å². The number of likely N-dealkylation sites (tertiary alicyclic amines) is 1. The Labute approximate surface area is 164 Å². The summed E-state index contributed by atoms with van der Waals surface area (Å²) >= 11 is 3.64. The van der Waals surface area contributed by atoms with Gasteiger partial charge in [-0.2, -0.15) is 0 Å². The zero-order valence-corrected chi connectivity index (χ0v) is 17.1. The zero-order valence-electron chi connectivity index (χ0n) is 15.5. The van der Waals surface area contributed by atoms with E-state index < -0.39 is 0 Å². The van der Waals surface area contributed by atoms with Crippen LogP contribution in [0.2, 0.25) is 0 Å². The second kappa shape index (κ2) is 9.40. The molecule has 2 aromatic rings. The first kappa shape index (κ1) is 19.2. The molecule has 0 bridgehead atoms. The van der Waals surface area contributed by atoms with Crippen LogP contribution in [0.15, 0.2) is 46.9 Å². The highest BCUT2D eigenvalue weighted by Gasteiger charge is 2.20. The zero-order chi connectivity index (χ0) is 18.4. The number of hydrogen-bond donors (Lipinski definition) is 1. The van der Waals surface area contributed by atoms with Crippen LogP contribution in [0.4, 0.5) is 0 Å². The molecule has 0 aromatic heterocycles. The number of nitrogens with one attached hydrogen (secondary N) is 1. The van der Waals surface area contributed by atoms with Crippen molar-refractivity contribution in [1.29, 1.82) is 0 Å². The van der Waals surface area contributed by atoms with Crippen molar-refractivity contribution in [2.75, 3.05) is 27.3 Å². The van der Waals surface area contributed by atoms with Gasteiger partial charge in [-0.15, -0.1) is 0 Å². The van der Waals surface area contributed by atoms with Crippen molar-refractivity contribution in [1.82, 2.24) is 10.2 Å². The summed E-state index contributed by atoms with van der Waals surface area (Å²) in [6, 6.07) is 15.2. The van der Waals surface area contributed by atoms with Crippen LogP contribution in [0.3, 0.4) is 0 Å². The lowest BCUT2D eigenvalue weighted by Gasteiger charge is -2.32. The monoisotopic (exact) mass is 418 g/mol. The highest BCUT2D eigenvalue weighted by molar-refractivity contribution is 9.10. The fourth-order valence-corrected chi connectivity index (χ4v) is 3.97. The fraction of sp³-hybridized carbons (Fsp3) is 0.429. The second-order valence-corrected chi connectivity index (χ2v) is 7.53. The third kappa shape index (κ3) is 4.78. The summed E-state index contributed by atoms with van der Waals surface area (Å²) < 4.78 is 12.0. The van der Waals surface area contributed by atoms with Gasteiger partial charge in [0.2, 0.25) is 0 Å². The molecule has 0 radical (unpaired) electrons. The van der Waals surface area contributed by atoms with Gasteiger partial charge in [0.05, 0.1) is 14.2 Å². The molecule has 0 atom stereocenters. The predicted octanol–water partition coefficient (Wildman–Crippen LogP) is 4.22. The minimum absolute atomic E-state index is 0.532. The van der Waals surface area contributed by atoms with Crippen molar-refractivity contribution < 1.29 is 9.47 Å². The number of benzene rings is 2. The van der Waals surface area contributed by atoms with E-state index in [0.29, 0.717) is 6.04 Å². The lowest BCUT2D eigenvalue weighted by atomic mass is 10.0.